The van der Waals surface area contributed by atoms with Gasteiger partial charge in [0.1, 0.15) is 5.54 Å². The molecule has 0 saturated carbocycles. The SMILES string of the molecule is CCOC(=O)C(C)(NCCN(C)C)c1ccc(Br)cc1Cl. The molecule has 0 fully saturated rings. The maximum atomic E-state index is 12.4. The van der Waals surface area contributed by atoms with Crippen LogP contribution in [0.2, 0.25) is 5.02 Å². The Hall–Kier alpha value is -0.620. The number of likely N-dealkylation sites (N-methyl/N-ethyl adjacent to an activating group) is 1. The first-order chi connectivity index (χ1) is 9.81. The number of ether oxygens (including phenoxy) is 1. The second kappa shape index (κ2) is 8.13. The lowest BCUT2D eigenvalue weighted by Gasteiger charge is -2.30. The minimum Gasteiger partial charge on any atom is -0.464 e. The number of hydrogen-bond donors (Lipinski definition) is 1. The number of carbonyl (C=O) groups is 1. The van der Waals surface area contributed by atoms with E-state index in [1.54, 1.807) is 19.9 Å². The van der Waals surface area contributed by atoms with Gasteiger partial charge in [0.2, 0.25) is 0 Å². The largest absolute Gasteiger partial charge is 0.464 e. The topological polar surface area (TPSA) is 41.6 Å². The Kier molecular flexibility index (Phi) is 7.13. The van der Waals surface area contributed by atoms with E-state index in [0.29, 0.717) is 23.7 Å². The summed E-state index contributed by atoms with van der Waals surface area (Å²) in [5, 5.41) is 3.80. The first-order valence-corrected chi connectivity index (χ1v) is 8.01. The zero-order chi connectivity index (χ0) is 16.0. The van der Waals surface area contributed by atoms with Crippen molar-refractivity contribution < 1.29 is 9.53 Å². The monoisotopic (exact) mass is 376 g/mol. The number of nitrogens with zero attached hydrogens (tertiary/aromatic N) is 1. The Bertz CT molecular complexity index is 497. The zero-order valence-electron chi connectivity index (χ0n) is 12.9. The summed E-state index contributed by atoms with van der Waals surface area (Å²) in [6.45, 7) is 5.38. The maximum absolute atomic E-state index is 12.4. The number of carbonyl (C=O) groups excluding carboxylic acids is 1. The van der Waals surface area contributed by atoms with Crippen LogP contribution in [0.5, 0.6) is 0 Å². The molecule has 0 aliphatic rings. The van der Waals surface area contributed by atoms with Crippen molar-refractivity contribution in [3.05, 3.63) is 33.3 Å². The van der Waals surface area contributed by atoms with Crippen LogP contribution in [0.25, 0.3) is 0 Å². The highest BCUT2D eigenvalue weighted by molar-refractivity contribution is 9.10. The van der Waals surface area contributed by atoms with Crippen molar-refractivity contribution in [3.63, 3.8) is 0 Å². The summed E-state index contributed by atoms with van der Waals surface area (Å²) in [5.74, 6) is -0.326. The highest BCUT2D eigenvalue weighted by atomic mass is 79.9. The third-order valence-electron chi connectivity index (χ3n) is 3.19. The van der Waals surface area contributed by atoms with Crippen LogP contribution in [0, 0.1) is 0 Å². The molecule has 0 heterocycles. The van der Waals surface area contributed by atoms with Crippen LogP contribution in [-0.4, -0.2) is 44.7 Å². The van der Waals surface area contributed by atoms with Gasteiger partial charge in [-0.15, -0.1) is 0 Å². The van der Waals surface area contributed by atoms with Crippen molar-refractivity contribution in [3.8, 4) is 0 Å². The van der Waals surface area contributed by atoms with Crippen molar-refractivity contribution in [1.82, 2.24) is 10.2 Å². The van der Waals surface area contributed by atoms with E-state index in [-0.39, 0.29) is 5.97 Å². The summed E-state index contributed by atoms with van der Waals surface area (Å²) in [7, 11) is 3.96. The smallest absolute Gasteiger partial charge is 0.330 e. The van der Waals surface area contributed by atoms with Crippen LogP contribution >= 0.6 is 27.5 Å². The average Bonchev–Trinajstić information content (AvgIpc) is 2.38. The molecule has 0 aliphatic heterocycles. The van der Waals surface area contributed by atoms with E-state index < -0.39 is 5.54 Å². The first-order valence-electron chi connectivity index (χ1n) is 6.83. The van der Waals surface area contributed by atoms with Crippen LogP contribution in [0.3, 0.4) is 0 Å². The van der Waals surface area contributed by atoms with E-state index in [1.165, 1.54) is 0 Å². The Morgan fingerprint density at radius 3 is 2.67 bits per heavy atom. The van der Waals surface area contributed by atoms with Crippen LogP contribution < -0.4 is 5.32 Å². The first kappa shape index (κ1) is 18.4. The van der Waals surface area contributed by atoms with Crippen molar-refractivity contribution in [1.29, 1.82) is 0 Å². The second-order valence-electron chi connectivity index (χ2n) is 5.20. The summed E-state index contributed by atoms with van der Waals surface area (Å²) >= 11 is 9.69. The van der Waals surface area contributed by atoms with E-state index in [0.717, 1.165) is 11.0 Å². The normalized spacial score (nSPS) is 14.0. The van der Waals surface area contributed by atoms with Gasteiger partial charge in [-0.2, -0.15) is 0 Å². The standard InChI is InChI=1S/C15H22BrClN2O2/c1-5-21-14(20)15(2,18-8-9-19(3)4)12-7-6-11(16)10-13(12)17/h6-7,10,18H,5,8-9H2,1-4H3. The van der Waals surface area contributed by atoms with E-state index >= 15 is 0 Å². The molecule has 0 saturated heterocycles. The summed E-state index contributed by atoms with van der Waals surface area (Å²) in [4.78, 5) is 14.5. The third-order valence-corrected chi connectivity index (χ3v) is 4.00. The molecule has 1 atom stereocenters. The van der Waals surface area contributed by atoms with Crippen molar-refractivity contribution in [2.45, 2.75) is 19.4 Å². The minimum atomic E-state index is -0.968. The summed E-state index contributed by atoms with van der Waals surface area (Å²) in [5.41, 5.74) is -0.256. The number of rotatable bonds is 7. The number of benzene rings is 1. The minimum absolute atomic E-state index is 0.326. The summed E-state index contributed by atoms with van der Waals surface area (Å²) in [6.07, 6.45) is 0. The Morgan fingerprint density at radius 1 is 1.48 bits per heavy atom. The summed E-state index contributed by atoms with van der Waals surface area (Å²) in [6, 6.07) is 5.49. The van der Waals surface area contributed by atoms with Gasteiger partial charge >= 0.3 is 5.97 Å². The molecule has 0 amide bonds. The molecule has 4 nitrogen and oxygen atoms in total. The van der Waals surface area contributed by atoms with Crippen molar-refractivity contribution in [2.24, 2.45) is 0 Å². The molecule has 1 aromatic rings. The molecule has 0 aromatic heterocycles. The molecule has 0 bridgehead atoms. The fraction of sp³-hybridized carbons (Fsp3) is 0.533. The van der Waals surface area contributed by atoms with Crippen molar-refractivity contribution >= 4 is 33.5 Å². The maximum Gasteiger partial charge on any atom is 0.330 e. The van der Waals surface area contributed by atoms with Gasteiger partial charge in [0.05, 0.1) is 6.61 Å². The zero-order valence-corrected chi connectivity index (χ0v) is 15.2. The van der Waals surface area contributed by atoms with Crippen molar-refractivity contribution in [2.75, 3.05) is 33.8 Å². The molecular weight excluding hydrogens is 356 g/mol. The predicted octanol–water partition coefficient (Wildman–Crippen LogP) is 3.03. The fourth-order valence-corrected chi connectivity index (χ4v) is 2.84. The molecular formula is C15H22BrClN2O2. The van der Waals surface area contributed by atoms with E-state index in [9.17, 15) is 4.79 Å². The van der Waals surface area contributed by atoms with Crippen LogP contribution in [0.15, 0.2) is 22.7 Å². The van der Waals surface area contributed by atoms with Crippen LogP contribution in [-0.2, 0) is 15.1 Å². The summed E-state index contributed by atoms with van der Waals surface area (Å²) < 4.78 is 6.09. The highest BCUT2D eigenvalue weighted by Crippen LogP contribution is 2.31. The number of nitrogens with one attached hydrogen (secondary N) is 1. The number of halogens is 2. The highest BCUT2D eigenvalue weighted by Gasteiger charge is 2.37. The van der Waals surface area contributed by atoms with Gasteiger partial charge < -0.3 is 9.64 Å². The molecule has 21 heavy (non-hydrogen) atoms. The lowest BCUT2D eigenvalue weighted by atomic mass is 9.91. The molecule has 0 aliphatic carbocycles. The van der Waals surface area contributed by atoms with Gasteiger partial charge in [-0.1, -0.05) is 33.6 Å². The Labute approximate surface area is 139 Å². The third kappa shape index (κ3) is 4.95. The molecule has 1 aromatic carbocycles. The quantitative estimate of drug-likeness (QED) is 0.742. The Morgan fingerprint density at radius 2 is 2.14 bits per heavy atom. The lowest BCUT2D eigenvalue weighted by Crippen LogP contribution is -2.49. The van der Waals surface area contributed by atoms with E-state index in [4.69, 9.17) is 16.3 Å². The van der Waals surface area contributed by atoms with Gasteiger partial charge in [-0.05, 0) is 40.1 Å². The van der Waals surface area contributed by atoms with Gasteiger partial charge in [-0.3, -0.25) is 5.32 Å². The van der Waals surface area contributed by atoms with Gasteiger partial charge in [-0.25, -0.2) is 4.79 Å². The average molecular weight is 378 g/mol. The molecule has 0 spiro atoms. The molecule has 118 valence electrons. The van der Waals surface area contributed by atoms with Crippen LogP contribution in [0.1, 0.15) is 19.4 Å². The molecule has 1 unspecified atom stereocenters. The van der Waals surface area contributed by atoms with E-state index in [2.05, 4.69) is 21.2 Å². The Balaban J connectivity index is 3.08. The van der Waals surface area contributed by atoms with Crippen LogP contribution in [0.4, 0.5) is 0 Å². The second-order valence-corrected chi connectivity index (χ2v) is 6.52. The molecule has 6 heteroatoms. The molecule has 1 rings (SSSR count). The fourth-order valence-electron chi connectivity index (χ4n) is 1.98. The van der Waals surface area contributed by atoms with Gasteiger partial charge in [0.15, 0.2) is 0 Å². The molecule has 1 N–H and O–H groups in total. The van der Waals surface area contributed by atoms with Gasteiger partial charge in [0.25, 0.3) is 0 Å². The number of esters is 1. The molecule has 0 radical (unpaired) electrons. The van der Waals surface area contributed by atoms with E-state index in [1.807, 2.05) is 31.1 Å². The lowest BCUT2D eigenvalue weighted by molar-refractivity contribution is -0.151. The predicted molar refractivity (Wildman–Crippen MR) is 89.7 cm³/mol. The van der Waals surface area contributed by atoms with Gasteiger partial charge in [0, 0.05) is 28.1 Å². The number of hydrogen-bond acceptors (Lipinski definition) is 4.